The molecule has 0 radical (unpaired) electrons. The SMILES string of the molecule is Cc1nc(N2CCC(O)C2)c2ccc(O)cc2n1. The summed E-state index contributed by atoms with van der Waals surface area (Å²) in [5, 5.41) is 20.0. The van der Waals surface area contributed by atoms with Crippen molar-refractivity contribution < 1.29 is 10.2 Å². The van der Waals surface area contributed by atoms with Crippen LogP contribution >= 0.6 is 0 Å². The third kappa shape index (κ3) is 1.86. The maximum atomic E-state index is 9.62. The monoisotopic (exact) mass is 245 g/mol. The maximum Gasteiger partial charge on any atom is 0.140 e. The lowest BCUT2D eigenvalue weighted by molar-refractivity contribution is 0.198. The third-order valence-corrected chi connectivity index (χ3v) is 3.24. The van der Waals surface area contributed by atoms with E-state index in [-0.39, 0.29) is 11.9 Å². The van der Waals surface area contributed by atoms with Crippen LogP contribution in [-0.2, 0) is 0 Å². The quantitative estimate of drug-likeness (QED) is 0.790. The number of β-amino-alcohol motifs (C(OH)–C–C–N with tert-alkyl or cyclic N) is 1. The molecule has 18 heavy (non-hydrogen) atoms. The number of aliphatic hydroxyl groups excluding tert-OH is 1. The number of phenols is 1. The van der Waals surface area contributed by atoms with Crippen LogP contribution in [0.25, 0.3) is 10.9 Å². The number of aromatic nitrogens is 2. The molecule has 94 valence electrons. The van der Waals surface area contributed by atoms with E-state index >= 15 is 0 Å². The second-order valence-electron chi connectivity index (χ2n) is 4.68. The molecule has 1 atom stereocenters. The highest BCUT2D eigenvalue weighted by Gasteiger charge is 2.23. The van der Waals surface area contributed by atoms with Crippen LogP contribution in [0, 0.1) is 6.92 Å². The van der Waals surface area contributed by atoms with Crippen LogP contribution < -0.4 is 4.90 Å². The van der Waals surface area contributed by atoms with Gasteiger partial charge in [-0.1, -0.05) is 0 Å². The molecule has 1 aliphatic rings. The minimum absolute atomic E-state index is 0.202. The van der Waals surface area contributed by atoms with Crippen LogP contribution in [0.4, 0.5) is 5.82 Å². The van der Waals surface area contributed by atoms with Gasteiger partial charge < -0.3 is 15.1 Å². The van der Waals surface area contributed by atoms with Gasteiger partial charge in [-0.3, -0.25) is 0 Å². The number of phenolic OH excluding ortho intramolecular Hbond substituents is 1. The minimum Gasteiger partial charge on any atom is -0.508 e. The van der Waals surface area contributed by atoms with E-state index in [0.29, 0.717) is 12.4 Å². The molecule has 1 aromatic heterocycles. The van der Waals surface area contributed by atoms with Gasteiger partial charge >= 0.3 is 0 Å². The Bertz CT molecular complexity index is 595. The first-order valence-electron chi connectivity index (χ1n) is 6.04. The number of aromatic hydroxyl groups is 1. The van der Waals surface area contributed by atoms with Crippen molar-refractivity contribution in [2.45, 2.75) is 19.4 Å². The van der Waals surface area contributed by atoms with Crippen molar-refractivity contribution in [3.05, 3.63) is 24.0 Å². The average Bonchev–Trinajstić information content (AvgIpc) is 2.74. The lowest BCUT2D eigenvalue weighted by atomic mass is 10.2. The first-order valence-corrected chi connectivity index (χ1v) is 6.04. The molecular formula is C13H15N3O2. The van der Waals surface area contributed by atoms with Crippen molar-refractivity contribution in [2.24, 2.45) is 0 Å². The Morgan fingerprint density at radius 2 is 2.17 bits per heavy atom. The van der Waals surface area contributed by atoms with Crippen molar-refractivity contribution in [1.82, 2.24) is 9.97 Å². The minimum atomic E-state index is -0.285. The zero-order valence-corrected chi connectivity index (χ0v) is 10.2. The summed E-state index contributed by atoms with van der Waals surface area (Å²) in [5.74, 6) is 1.71. The molecule has 1 unspecified atom stereocenters. The Morgan fingerprint density at radius 3 is 2.89 bits per heavy atom. The number of rotatable bonds is 1. The molecule has 1 saturated heterocycles. The molecule has 0 saturated carbocycles. The van der Waals surface area contributed by atoms with E-state index in [2.05, 4.69) is 14.9 Å². The highest BCUT2D eigenvalue weighted by atomic mass is 16.3. The molecule has 0 spiro atoms. The molecule has 1 fully saturated rings. The fourth-order valence-corrected chi connectivity index (χ4v) is 2.39. The summed E-state index contributed by atoms with van der Waals surface area (Å²) in [7, 11) is 0. The first kappa shape index (κ1) is 11.2. The van der Waals surface area contributed by atoms with Gasteiger partial charge in [0.25, 0.3) is 0 Å². The predicted octanol–water partition coefficient (Wildman–Crippen LogP) is 1.21. The summed E-state index contributed by atoms with van der Waals surface area (Å²) in [4.78, 5) is 10.9. The highest BCUT2D eigenvalue weighted by molar-refractivity contribution is 5.90. The van der Waals surface area contributed by atoms with Crippen LogP contribution in [0.3, 0.4) is 0 Å². The molecule has 2 aromatic rings. The van der Waals surface area contributed by atoms with E-state index in [0.717, 1.165) is 29.7 Å². The Labute approximate surface area is 105 Å². The lowest BCUT2D eigenvalue weighted by Crippen LogP contribution is -2.23. The average molecular weight is 245 g/mol. The standard InChI is InChI=1S/C13H15N3O2/c1-8-14-12-6-9(17)2-3-11(12)13(15-8)16-5-4-10(18)7-16/h2-3,6,10,17-18H,4-5,7H2,1H3. The van der Waals surface area contributed by atoms with Gasteiger partial charge in [0.2, 0.25) is 0 Å². The molecule has 1 aromatic carbocycles. The maximum absolute atomic E-state index is 9.62. The van der Waals surface area contributed by atoms with Crippen LogP contribution in [0.5, 0.6) is 5.75 Å². The van der Waals surface area contributed by atoms with Crippen LogP contribution in [-0.4, -0.2) is 39.4 Å². The molecule has 2 N–H and O–H groups in total. The fourth-order valence-electron chi connectivity index (χ4n) is 2.39. The van der Waals surface area contributed by atoms with Gasteiger partial charge in [-0.05, 0) is 25.5 Å². The van der Waals surface area contributed by atoms with Crippen LogP contribution in [0.2, 0.25) is 0 Å². The second kappa shape index (κ2) is 4.10. The fraction of sp³-hybridized carbons (Fsp3) is 0.385. The van der Waals surface area contributed by atoms with Gasteiger partial charge in [-0.15, -0.1) is 0 Å². The van der Waals surface area contributed by atoms with E-state index in [1.807, 2.05) is 13.0 Å². The molecule has 0 amide bonds. The van der Waals surface area contributed by atoms with Crippen LogP contribution in [0.15, 0.2) is 18.2 Å². The summed E-state index contributed by atoms with van der Waals surface area (Å²) in [6, 6.07) is 5.10. The number of aliphatic hydroxyl groups is 1. The van der Waals surface area contributed by atoms with Crippen molar-refractivity contribution in [3.63, 3.8) is 0 Å². The lowest BCUT2D eigenvalue weighted by Gasteiger charge is -2.19. The Balaban J connectivity index is 2.15. The molecule has 1 aliphatic heterocycles. The normalized spacial score (nSPS) is 19.7. The van der Waals surface area contributed by atoms with Gasteiger partial charge in [0, 0.05) is 24.5 Å². The summed E-state index contributed by atoms with van der Waals surface area (Å²) >= 11 is 0. The van der Waals surface area contributed by atoms with E-state index in [1.54, 1.807) is 12.1 Å². The number of hydrogen-bond acceptors (Lipinski definition) is 5. The Hall–Kier alpha value is -1.88. The highest BCUT2D eigenvalue weighted by Crippen LogP contribution is 2.28. The zero-order chi connectivity index (χ0) is 12.7. The molecule has 5 nitrogen and oxygen atoms in total. The van der Waals surface area contributed by atoms with Crippen molar-refractivity contribution in [3.8, 4) is 5.75 Å². The van der Waals surface area contributed by atoms with Gasteiger partial charge in [0.1, 0.15) is 17.4 Å². The van der Waals surface area contributed by atoms with E-state index in [9.17, 15) is 10.2 Å². The van der Waals surface area contributed by atoms with Crippen molar-refractivity contribution >= 4 is 16.7 Å². The molecule has 3 rings (SSSR count). The predicted molar refractivity (Wildman–Crippen MR) is 68.8 cm³/mol. The molecule has 0 bridgehead atoms. The first-order chi connectivity index (χ1) is 8.63. The van der Waals surface area contributed by atoms with Gasteiger partial charge in [0.05, 0.1) is 11.6 Å². The number of anilines is 1. The zero-order valence-electron chi connectivity index (χ0n) is 10.2. The van der Waals surface area contributed by atoms with E-state index < -0.39 is 0 Å². The molecular weight excluding hydrogens is 230 g/mol. The van der Waals surface area contributed by atoms with E-state index in [1.165, 1.54) is 0 Å². The summed E-state index contributed by atoms with van der Waals surface area (Å²) in [6.45, 7) is 3.24. The Morgan fingerprint density at radius 1 is 1.33 bits per heavy atom. The summed E-state index contributed by atoms with van der Waals surface area (Å²) in [5.41, 5.74) is 0.735. The number of fused-ring (bicyclic) bond motifs is 1. The number of nitrogens with zero attached hydrogens (tertiary/aromatic N) is 3. The Kier molecular flexibility index (Phi) is 2.56. The number of hydrogen-bond donors (Lipinski definition) is 2. The van der Waals surface area contributed by atoms with Gasteiger partial charge in [-0.2, -0.15) is 0 Å². The van der Waals surface area contributed by atoms with Gasteiger partial charge in [0.15, 0.2) is 0 Å². The van der Waals surface area contributed by atoms with Crippen LogP contribution in [0.1, 0.15) is 12.2 Å². The van der Waals surface area contributed by atoms with Crippen molar-refractivity contribution in [1.29, 1.82) is 0 Å². The smallest absolute Gasteiger partial charge is 0.140 e. The molecule has 0 aliphatic carbocycles. The second-order valence-corrected chi connectivity index (χ2v) is 4.68. The molecule has 2 heterocycles. The van der Waals surface area contributed by atoms with Crippen molar-refractivity contribution in [2.75, 3.05) is 18.0 Å². The number of benzene rings is 1. The van der Waals surface area contributed by atoms with Gasteiger partial charge in [-0.25, -0.2) is 9.97 Å². The molecule has 5 heteroatoms. The summed E-state index contributed by atoms with van der Waals surface area (Å²) < 4.78 is 0. The topological polar surface area (TPSA) is 69.5 Å². The summed E-state index contributed by atoms with van der Waals surface area (Å²) in [6.07, 6.45) is 0.482. The third-order valence-electron chi connectivity index (χ3n) is 3.24. The number of aryl methyl sites for hydroxylation is 1. The largest absolute Gasteiger partial charge is 0.508 e. The van der Waals surface area contributed by atoms with E-state index in [4.69, 9.17) is 0 Å².